The van der Waals surface area contributed by atoms with Crippen molar-refractivity contribution in [3.63, 3.8) is 0 Å². The second-order valence-electron chi connectivity index (χ2n) is 8.07. The van der Waals surface area contributed by atoms with Gasteiger partial charge in [-0.3, -0.25) is 9.79 Å². The molecule has 3 rings (SSSR count). The maximum absolute atomic E-state index is 12.1. The average molecular weight is 357 g/mol. The van der Waals surface area contributed by atoms with Gasteiger partial charge < -0.3 is 15.5 Å². The summed E-state index contributed by atoms with van der Waals surface area (Å²) in [5, 5.41) is 6.54. The van der Waals surface area contributed by atoms with Crippen molar-refractivity contribution in [1.29, 1.82) is 0 Å². The fourth-order valence-corrected chi connectivity index (χ4v) is 4.02. The van der Waals surface area contributed by atoms with E-state index in [1.807, 2.05) is 19.2 Å². The molecule has 1 aromatic carbocycles. The molecule has 142 valence electrons. The molecule has 5 nitrogen and oxygen atoms in total. The molecular formula is C21H32N4O. The summed E-state index contributed by atoms with van der Waals surface area (Å²) in [5.74, 6) is 2.73. The van der Waals surface area contributed by atoms with Gasteiger partial charge in [0.2, 0.25) is 5.91 Å². The van der Waals surface area contributed by atoms with Crippen molar-refractivity contribution in [3.05, 3.63) is 29.8 Å². The van der Waals surface area contributed by atoms with Crippen molar-refractivity contribution in [1.82, 2.24) is 10.2 Å². The Morgan fingerprint density at radius 3 is 2.58 bits per heavy atom. The van der Waals surface area contributed by atoms with E-state index >= 15 is 0 Å². The van der Waals surface area contributed by atoms with Crippen molar-refractivity contribution < 1.29 is 4.79 Å². The van der Waals surface area contributed by atoms with Crippen LogP contribution in [0.2, 0.25) is 0 Å². The second kappa shape index (κ2) is 8.56. The number of rotatable bonds is 4. The Morgan fingerprint density at radius 2 is 1.96 bits per heavy atom. The molecule has 2 unspecified atom stereocenters. The summed E-state index contributed by atoms with van der Waals surface area (Å²) in [6.45, 7) is 7.44. The van der Waals surface area contributed by atoms with E-state index in [1.165, 1.54) is 12.8 Å². The monoisotopic (exact) mass is 356 g/mol. The van der Waals surface area contributed by atoms with Crippen LogP contribution in [0.4, 0.5) is 5.69 Å². The molecule has 26 heavy (non-hydrogen) atoms. The highest BCUT2D eigenvalue weighted by atomic mass is 16.1. The third-order valence-corrected chi connectivity index (χ3v) is 5.50. The number of anilines is 1. The Morgan fingerprint density at radius 1 is 1.23 bits per heavy atom. The molecule has 0 bridgehead atoms. The highest BCUT2D eigenvalue weighted by Crippen LogP contribution is 2.27. The van der Waals surface area contributed by atoms with E-state index in [4.69, 9.17) is 0 Å². The summed E-state index contributed by atoms with van der Waals surface area (Å²) in [4.78, 5) is 19.0. The lowest BCUT2D eigenvalue weighted by molar-refractivity contribution is -0.122. The lowest BCUT2D eigenvalue weighted by Gasteiger charge is -2.37. The van der Waals surface area contributed by atoms with Gasteiger partial charge in [-0.2, -0.15) is 0 Å². The predicted octanol–water partition coefficient (Wildman–Crippen LogP) is 3.48. The maximum Gasteiger partial charge on any atom is 0.227 e. The summed E-state index contributed by atoms with van der Waals surface area (Å²) in [5.41, 5.74) is 2.03. The molecule has 1 heterocycles. The Kier molecular flexibility index (Phi) is 6.17. The largest absolute Gasteiger partial charge is 0.352 e. The van der Waals surface area contributed by atoms with Gasteiger partial charge in [0.05, 0.1) is 0 Å². The Labute approximate surface area is 157 Å². The minimum Gasteiger partial charge on any atom is -0.352 e. The smallest absolute Gasteiger partial charge is 0.227 e. The van der Waals surface area contributed by atoms with Crippen LogP contribution in [0.1, 0.15) is 45.1 Å². The molecule has 0 spiro atoms. The Bertz CT molecular complexity index is 643. The summed E-state index contributed by atoms with van der Waals surface area (Å²) in [6.07, 6.45) is 4.51. The number of benzene rings is 1. The average Bonchev–Trinajstić information content (AvgIpc) is 2.53. The molecule has 1 saturated carbocycles. The first-order chi connectivity index (χ1) is 12.5. The molecule has 1 aliphatic heterocycles. The van der Waals surface area contributed by atoms with Gasteiger partial charge in [0, 0.05) is 38.3 Å². The number of nitrogens with one attached hydrogen (secondary N) is 2. The highest BCUT2D eigenvalue weighted by molar-refractivity contribution is 5.93. The number of likely N-dealkylation sites (tertiary alicyclic amines) is 1. The van der Waals surface area contributed by atoms with E-state index in [1.54, 1.807) is 0 Å². The number of hydrogen-bond acceptors (Lipinski definition) is 2. The van der Waals surface area contributed by atoms with E-state index in [9.17, 15) is 4.79 Å². The quantitative estimate of drug-likeness (QED) is 0.641. The molecule has 1 saturated heterocycles. The lowest BCUT2D eigenvalue weighted by atomic mass is 9.85. The van der Waals surface area contributed by atoms with E-state index < -0.39 is 0 Å². The molecule has 1 aliphatic carbocycles. The zero-order valence-corrected chi connectivity index (χ0v) is 16.3. The highest BCUT2D eigenvalue weighted by Gasteiger charge is 2.25. The normalized spacial score (nSPS) is 24.1. The van der Waals surface area contributed by atoms with Gasteiger partial charge >= 0.3 is 0 Å². The molecule has 5 heteroatoms. The maximum atomic E-state index is 12.1. The topological polar surface area (TPSA) is 56.7 Å². The Hall–Kier alpha value is -2.04. The fraction of sp³-hybridized carbons (Fsp3) is 0.619. The molecule has 2 N–H and O–H groups in total. The van der Waals surface area contributed by atoms with Crippen molar-refractivity contribution in [2.75, 3.05) is 25.5 Å². The van der Waals surface area contributed by atoms with Crippen LogP contribution in [0.15, 0.2) is 29.3 Å². The van der Waals surface area contributed by atoms with Crippen molar-refractivity contribution in [3.8, 4) is 0 Å². The zero-order chi connectivity index (χ0) is 18.5. The van der Waals surface area contributed by atoms with Crippen LogP contribution in [0.3, 0.4) is 0 Å². The van der Waals surface area contributed by atoms with Crippen LogP contribution in [0, 0.1) is 17.8 Å². The molecular weight excluding hydrogens is 324 g/mol. The summed E-state index contributed by atoms with van der Waals surface area (Å²) < 4.78 is 0. The molecule has 0 radical (unpaired) electrons. The SMILES string of the molecule is CN=C(NCc1cccc(NC(=O)C2CCC2)c1)N1CC(C)CC(C)C1. The van der Waals surface area contributed by atoms with Crippen LogP contribution in [0.5, 0.6) is 0 Å². The number of guanidine groups is 1. The van der Waals surface area contributed by atoms with Crippen LogP contribution in [-0.4, -0.2) is 36.9 Å². The zero-order valence-electron chi connectivity index (χ0n) is 16.3. The van der Waals surface area contributed by atoms with E-state index in [2.05, 4.69) is 46.5 Å². The van der Waals surface area contributed by atoms with Gasteiger partial charge in [-0.1, -0.05) is 32.4 Å². The number of hydrogen-bond donors (Lipinski definition) is 2. The van der Waals surface area contributed by atoms with Crippen LogP contribution < -0.4 is 10.6 Å². The molecule has 0 aromatic heterocycles. The van der Waals surface area contributed by atoms with E-state index in [-0.39, 0.29) is 11.8 Å². The summed E-state index contributed by atoms with van der Waals surface area (Å²) >= 11 is 0. The Balaban J connectivity index is 1.56. The van der Waals surface area contributed by atoms with Gasteiger partial charge in [-0.05, 0) is 48.8 Å². The third kappa shape index (κ3) is 4.77. The number of carbonyl (C=O) groups is 1. The first-order valence-electron chi connectivity index (χ1n) is 9.90. The van der Waals surface area contributed by atoms with Crippen LogP contribution >= 0.6 is 0 Å². The minimum atomic E-state index is 0.161. The van der Waals surface area contributed by atoms with Crippen LogP contribution in [-0.2, 0) is 11.3 Å². The molecule has 1 aromatic rings. The van der Waals surface area contributed by atoms with Crippen molar-refractivity contribution >= 4 is 17.6 Å². The van der Waals surface area contributed by atoms with Crippen molar-refractivity contribution in [2.24, 2.45) is 22.7 Å². The third-order valence-electron chi connectivity index (χ3n) is 5.50. The van der Waals surface area contributed by atoms with Gasteiger partial charge in [0.15, 0.2) is 5.96 Å². The second-order valence-corrected chi connectivity index (χ2v) is 8.07. The van der Waals surface area contributed by atoms with Crippen LogP contribution in [0.25, 0.3) is 0 Å². The molecule has 1 amide bonds. The minimum absolute atomic E-state index is 0.161. The van der Waals surface area contributed by atoms with Gasteiger partial charge in [0.25, 0.3) is 0 Å². The molecule has 2 aliphatic rings. The van der Waals surface area contributed by atoms with E-state index in [0.29, 0.717) is 18.4 Å². The fourth-order valence-electron chi connectivity index (χ4n) is 4.02. The number of aliphatic imine (C=N–C) groups is 1. The number of amides is 1. The summed E-state index contributed by atoms with van der Waals surface area (Å²) in [7, 11) is 1.85. The van der Waals surface area contributed by atoms with Crippen molar-refractivity contribution in [2.45, 2.75) is 46.1 Å². The number of piperidine rings is 1. The first kappa shape index (κ1) is 18.7. The summed E-state index contributed by atoms with van der Waals surface area (Å²) in [6, 6.07) is 8.10. The van der Waals surface area contributed by atoms with Gasteiger partial charge in [-0.15, -0.1) is 0 Å². The first-order valence-corrected chi connectivity index (χ1v) is 9.90. The van der Waals surface area contributed by atoms with Gasteiger partial charge in [0.1, 0.15) is 0 Å². The van der Waals surface area contributed by atoms with E-state index in [0.717, 1.165) is 43.1 Å². The number of carbonyl (C=O) groups excluding carboxylic acids is 1. The van der Waals surface area contributed by atoms with Gasteiger partial charge in [-0.25, -0.2) is 0 Å². The molecule has 2 atom stereocenters. The lowest BCUT2D eigenvalue weighted by Crippen LogP contribution is -2.48. The predicted molar refractivity (Wildman–Crippen MR) is 107 cm³/mol. The standard InChI is InChI=1S/C21H32N4O/c1-15-10-16(2)14-25(13-15)21(22-3)23-12-17-6-4-9-19(11-17)24-20(26)18-7-5-8-18/h4,6,9,11,15-16,18H,5,7-8,10,12-14H2,1-3H3,(H,22,23)(H,24,26). The number of nitrogens with zero attached hydrogens (tertiary/aromatic N) is 2. The molecule has 2 fully saturated rings.